The second-order valence-electron chi connectivity index (χ2n) is 7.15. The zero-order chi connectivity index (χ0) is 15.8. The van der Waals surface area contributed by atoms with Gasteiger partial charge in [0, 0.05) is 37.4 Å². The number of hydrogen-bond acceptors (Lipinski definition) is 2. The molecule has 1 saturated heterocycles. The highest BCUT2D eigenvalue weighted by Gasteiger charge is 2.25. The molecule has 1 aromatic carbocycles. The van der Waals surface area contributed by atoms with Crippen molar-refractivity contribution in [3.05, 3.63) is 35.8 Å². The molecule has 23 heavy (non-hydrogen) atoms. The van der Waals surface area contributed by atoms with Gasteiger partial charge < -0.3 is 14.2 Å². The van der Waals surface area contributed by atoms with Gasteiger partial charge in [0.15, 0.2) is 0 Å². The molecule has 2 aliphatic rings. The van der Waals surface area contributed by atoms with Crippen LogP contribution in [-0.4, -0.2) is 42.3 Å². The van der Waals surface area contributed by atoms with Crippen LogP contribution in [0.15, 0.2) is 24.4 Å². The normalized spacial score (nSPS) is 22.1. The summed E-state index contributed by atoms with van der Waals surface area (Å²) >= 11 is 0. The van der Waals surface area contributed by atoms with Crippen LogP contribution in [0.3, 0.4) is 0 Å². The van der Waals surface area contributed by atoms with Crippen molar-refractivity contribution in [3.63, 3.8) is 0 Å². The number of hydrogen-bond donors (Lipinski definition) is 0. The maximum Gasteiger partial charge on any atom is 0.124 e. The molecule has 4 rings (SSSR count). The van der Waals surface area contributed by atoms with E-state index >= 15 is 0 Å². The third kappa shape index (κ3) is 3.02. The zero-order valence-corrected chi connectivity index (χ0v) is 13.8. The highest BCUT2D eigenvalue weighted by atomic mass is 19.1. The molecule has 1 aromatic heterocycles. The minimum Gasteiger partial charge on any atom is -0.381 e. The fourth-order valence-corrected chi connectivity index (χ4v) is 4.15. The molecular formula is C19H25FN2O. The summed E-state index contributed by atoms with van der Waals surface area (Å²) in [7, 11) is 2.22. The largest absolute Gasteiger partial charge is 0.381 e. The first-order valence-corrected chi connectivity index (χ1v) is 8.76. The Balaban J connectivity index is 1.44. The quantitative estimate of drug-likeness (QED) is 0.859. The average molecular weight is 316 g/mol. The molecule has 4 heteroatoms. The van der Waals surface area contributed by atoms with Gasteiger partial charge in [-0.15, -0.1) is 0 Å². The minimum atomic E-state index is -0.115. The molecule has 2 aliphatic heterocycles. The topological polar surface area (TPSA) is 17.4 Å². The van der Waals surface area contributed by atoms with E-state index in [0.717, 1.165) is 49.6 Å². The van der Waals surface area contributed by atoms with Crippen LogP contribution in [0.5, 0.6) is 0 Å². The van der Waals surface area contributed by atoms with Gasteiger partial charge in [0.05, 0.1) is 5.52 Å². The van der Waals surface area contributed by atoms with Crippen LogP contribution >= 0.6 is 0 Å². The first-order valence-electron chi connectivity index (χ1n) is 8.76. The van der Waals surface area contributed by atoms with Crippen molar-refractivity contribution >= 4 is 10.9 Å². The molecule has 0 aliphatic carbocycles. The molecule has 0 amide bonds. The number of nitrogens with zero attached hydrogens (tertiary/aromatic N) is 2. The monoisotopic (exact) mass is 316 g/mol. The van der Waals surface area contributed by atoms with Crippen LogP contribution in [0.4, 0.5) is 4.39 Å². The van der Waals surface area contributed by atoms with Gasteiger partial charge in [-0.25, -0.2) is 4.39 Å². The maximum absolute atomic E-state index is 13.8. The molecule has 1 fully saturated rings. The van der Waals surface area contributed by atoms with Gasteiger partial charge >= 0.3 is 0 Å². The summed E-state index contributed by atoms with van der Waals surface area (Å²) in [5, 5.41) is 1.03. The molecule has 0 N–H and O–H groups in total. The molecule has 2 aromatic rings. The Labute approximate surface area is 137 Å². The van der Waals surface area contributed by atoms with Crippen molar-refractivity contribution in [1.82, 2.24) is 9.47 Å². The Morgan fingerprint density at radius 3 is 2.96 bits per heavy atom. The SMILES string of the molecule is CN(CCC1CCOCC1)C1Cc2cc(F)cc3ccn(c23)C1. The molecule has 3 nitrogen and oxygen atoms in total. The fraction of sp³-hybridized carbons (Fsp3) is 0.579. The van der Waals surface area contributed by atoms with Gasteiger partial charge in [0.25, 0.3) is 0 Å². The Kier molecular flexibility index (Phi) is 4.12. The predicted molar refractivity (Wildman–Crippen MR) is 90.2 cm³/mol. The summed E-state index contributed by atoms with van der Waals surface area (Å²) in [6.07, 6.45) is 6.69. The van der Waals surface area contributed by atoms with Crippen molar-refractivity contribution < 1.29 is 9.13 Å². The number of benzene rings is 1. The van der Waals surface area contributed by atoms with Crippen molar-refractivity contribution in [1.29, 1.82) is 0 Å². The molecule has 1 unspecified atom stereocenters. The first kappa shape index (κ1) is 15.2. The first-order chi connectivity index (χ1) is 11.2. The van der Waals surface area contributed by atoms with E-state index in [4.69, 9.17) is 4.74 Å². The number of ether oxygens (including phenoxy) is 1. The lowest BCUT2D eigenvalue weighted by Crippen LogP contribution is -2.40. The van der Waals surface area contributed by atoms with E-state index in [1.165, 1.54) is 24.8 Å². The lowest BCUT2D eigenvalue weighted by Gasteiger charge is -2.34. The van der Waals surface area contributed by atoms with Crippen LogP contribution in [0.1, 0.15) is 24.8 Å². The van der Waals surface area contributed by atoms with Crippen LogP contribution in [0.25, 0.3) is 10.9 Å². The summed E-state index contributed by atoms with van der Waals surface area (Å²) in [6.45, 7) is 3.97. The van der Waals surface area contributed by atoms with Gasteiger partial charge in [-0.05, 0) is 69.0 Å². The lowest BCUT2D eigenvalue weighted by molar-refractivity contribution is 0.0589. The number of halogens is 1. The number of likely N-dealkylation sites (N-methyl/N-ethyl adjacent to an activating group) is 1. The molecule has 0 spiro atoms. The summed E-state index contributed by atoms with van der Waals surface area (Å²) in [5.74, 6) is 0.688. The molecular weight excluding hydrogens is 291 g/mol. The van der Waals surface area contributed by atoms with Gasteiger partial charge in [-0.1, -0.05) is 0 Å². The Hall–Kier alpha value is -1.39. The summed E-state index contributed by atoms with van der Waals surface area (Å²) in [5.41, 5.74) is 2.37. The molecule has 0 radical (unpaired) electrons. The maximum atomic E-state index is 13.8. The average Bonchev–Trinajstić information content (AvgIpc) is 2.97. The second kappa shape index (κ2) is 6.25. The Morgan fingerprint density at radius 1 is 1.30 bits per heavy atom. The van der Waals surface area contributed by atoms with E-state index in [1.807, 2.05) is 6.07 Å². The highest BCUT2D eigenvalue weighted by Crippen LogP contribution is 2.29. The van der Waals surface area contributed by atoms with E-state index in [9.17, 15) is 4.39 Å². The van der Waals surface area contributed by atoms with Gasteiger partial charge in [-0.3, -0.25) is 0 Å². The molecule has 0 bridgehead atoms. The van der Waals surface area contributed by atoms with Gasteiger partial charge in [-0.2, -0.15) is 0 Å². The smallest absolute Gasteiger partial charge is 0.124 e. The van der Waals surface area contributed by atoms with E-state index in [-0.39, 0.29) is 5.82 Å². The number of aromatic nitrogens is 1. The highest BCUT2D eigenvalue weighted by molar-refractivity contribution is 5.84. The molecule has 124 valence electrons. The standard InChI is InChI=1S/C19H25FN2O/c1-21(6-2-14-4-8-23-9-5-14)18-12-16-11-17(20)10-15-3-7-22(13-18)19(15)16/h3,7,10-11,14,18H,2,4-6,8-9,12-13H2,1H3. The van der Waals surface area contributed by atoms with Crippen molar-refractivity contribution in [3.8, 4) is 0 Å². The molecule has 0 saturated carbocycles. The molecule has 3 heterocycles. The van der Waals surface area contributed by atoms with E-state index in [2.05, 4.69) is 22.7 Å². The Morgan fingerprint density at radius 2 is 2.13 bits per heavy atom. The second-order valence-corrected chi connectivity index (χ2v) is 7.15. The minimum absolute atomic E-state index is 0.115. The summed E-state index contributed by atoms with van der Waals surface area (Å²) in [6, 6.07) is 5.86. The zero-order valence-electron chi connectivity index (χ0n) is 13.8. The predicted octanol–water partition coefficient (Wildman–Crippen LogP) is 3.45. The lowest BCUT2D eigenvalue weighted by atomic mass is 9.95. The third-order valence-electron chi connectivity index (χ3n) is 5.62. The molecule has 1 atom stereocenters. The van der Waals surface area contributed by atoms with Crippen LogP contribution in [0.2, 0.25) is 0 Å². The van der Waals surface area contributed by atoms with Gasteiger partial charge in [0.1, 0.15) is 5.82 Å². The van der Waals surface area contributed by atoms with Crippen LogP contribution in [-0.2, 0) is 17.7 Å². The van der Waals surface area contributed by atoms with Crippen molar-refractivity contribution in [2.24, 2.45) is 5.92 Å². The van der Waals surface area contributed by atoms with Crippen LogP contribution in [0, 0.1) is 11.7 Å². The fourth-order valence-electron chi connectivity index (χ4n) is 4.15. The van der Waals surface area contributed by atoms with E-state index in [1.54, 1.807) is 12.1 Å². The van der Waals surface area contributed by atoms with E-state index < -0.39 is 0 Å². The van der Waals surface area contributed by atoms with E-state index in [0.29, 0.717) is 6.04 Å². The Bertz CT molecular complexity index is 690. The number of rotatable bonds is 4. The van der Waals surface area contributed by atoms with Crippen molar-refractivity contribution in [2.45, 2.75) is 38.3 Å². The van der Waals surface area contributed by atoms with Crippen LogP contribution < -0.4 is 0 Å². The summed E-state index contributed by atoms with van der Waals surface area (Å²) < 4.78 is 21.5. The van der Waals surface area contributed by atoms with Gasteiger partial charge in [0.2, 0.25) is 0 Å². The third-order valence-corrected chi connectivity index (χ3v) is 5.62. The van der Waals surface area contributed by atoms with Crippen molar-refractivity contribution in [2.75, 3.05) is 26.8 Å². The summed E-state index contributed by atoms with van der Waals surface area (Å²) in [4.78, 5) is 2.47.